The lowest BCUT2D eigenvalue weighted by Gasteiger charge is -2.12. The lowest BCUT2D eigenvalue weighted by atomic mass is 10.2. The minimum absolute atomic E-state index is 0.239. The molecule has 1 heterocycles. The lowest BCUT2D eigenvalue weighted by Crippen LogP contribution is -2.04. The minimum atomic E-state index is -0.375. The lowest BCUT2D eigenvalue weighted by molar-refractivity contribution is 0.325. The van der Waals surface area contributed by atoms with Crippen LogP contribution in [-0.4, -0.2) is 40.8 Å². The molecule has 0 aliphatic carbocycles. The average molecular weight is 466 g/mol. The van der Waals surface area contributed by atoms with Crippen molar-refractivity contribution >= 4 is 11.8 Å². The maximum Gasteiger partial charge on any atom is 0.196 e. The first kappa shape index (κ1) is 22.7. The second kappa shape index (κ2) is 10.9. The number of methoxy groups -OCH3 is 1. The standard InChI is InChI=1S/C25H24FN3O3S/c1-3-31-20-13-11-19(12-14-20)29-24(18-7-6-8-21(17-18)30-2)27-28-25(29)33-16-15-32-23-10-5-4-9-22(23)26/h4-14,17H,3,15-16H2,1-2H3. The van der Waals surface area contributed by atoms with Gasteiger partial charge < -0.3 is 14.2 Å². The van der Waals surface area contributed by atoms with Gasteiger partial charge in [0.05, 0.1) is 20.3 Å². The molecule has 1 aromatic heterocycles. The Morgan fingerprint density at radius 1 is 0.909 bits per heavy atom. The van der Waals surface area contributed by atoms with Gasteiger partial charge in [-0.2, -0.15) is 0 Å². The normalized spacial score (nSPS) is 10.8. The Bertz CT molecular complexity index is 1200. The Balaban J connectivity index is 1.59. The maximum absolute atomic E-state index is 13.8. The van der Waals surface area contributed by atoms with E-state index in [0.29, 0.717) is 29.9 Å². The van der Waals surface area contributed by atoms with E-state index in [1.54, 1.807) is 25.3 Å². The van der Waals surface area contributed by atoms with Crippen LogP contribution in [0.2, 0.25) is 0 Å². The van der Waals surface area contributed by atoms with Crippen LogP contribution in [0.4, 0.5) is 4.39 Å². The van der Waals surface area contributed by atoms with Gasteiger partial charge in [-0.3, -0.25) is 4.57 Å². The van der Waals surface area contributed by atoms with Crippen molar-refractivity contribution in [2.24, 2.45) is 0 Å². The zero-order valence-electron chi connectivity index (χ0n) is 18.4. The first-order valence-corrected chi connectivity index (χ1v) is 11.5. The van der Waals surface area contributed by atoms with Gasteiger partial charge in [0, 0.05) is 17.0 Å². The van der Waals surface area contributed by atoms with E-state index >= 15 is 0 Å². The molecule has 0 radical (unpaired) electrons. The summed E-state index contributed by atoms with van der Waals surface area (Å²) in [6, 6.07) is 21.8. The summed E-state index contributed by atoms with van der Waals surface area (Å²) in [7, 11) is 1.63. The van der Waals surface area contributed by atoms with E-state index in [-0.39, 0.29) is 11.6 Å². The molecule has 170 valence electrons. The maximum atomic E-state index is 13.8. The highest BCUT2D eigenvalue weighted by molar-refractivity contribution is 7.99. The van der Waals surface area contributed by atoms with Crippen molar-refractivity contribution < 1.29 is 18.6 Å². The summed E-state index contributed by atoms with van der Waals surface area (Å²) in [5.41, 5.74) is 1.78. The fourth-order valence-electron chi connectivity index (χ4n) is 3.25. The highest BCUT2D eigenvalue weighted by atomic mass is 32.2. The van der Waals surface area contributed by atoms with Crippen molar-refractivity contribution in [3.8, 4) is 34.3 Å². The predicted octanol–water partition coefficient (Wildman–Crippen LogP) is 5.65. The molecule has 0 spiro atoms. The van der Waals surface area contributed by atoms with Crippen LogP contribution in [0, 0.1) is 5.82 Å². The third kappa shape index (κ3) is 5.46. The van der Waals surface area contributed by atoms with Crippen molar-refractivity contribution in [2.45, 2.75) is 12.1 Å². The summed E-state index contributed by atoms with van der Waals surface area (Å²) in [4.78, 5) is 0. The molecule has 4 rings (SSSR count). The van der Waals surface area contributed by atoms with Gasteiger partial charge in [0.25, 0.3) is 0 Å². The van der Waals surface area contributed by atoms with Gasteiger partial charge in [0.1, 0.15) is 11.5 Å². The monoisotopic (exact) mass is 465 g/mol. The van der Waals surface area contributed by atoms with Crippen molar-refractivity contribution in [1.29, 1.82) is 0 Å². The summed E-state index contributed by atoms with van der Waals surface area (Å²) in [5.74, 6) is 2.66. The number of benzene rings is 3. The first-order chi connectivity index (χ1) is 16.2. The number of rotatable bonds is 10. The van der Waals surface area contributed by atoms with Crippen LogP contribution in [0.3, 0.4) is 0 Å². The molecule has 3 aromatic carbocycles. The molecule has 0 amide bonds. The van der Waals surface area contributed by atoms with Gasteiger partial charge in [-0.1, -0.05) is 36.0 Å². The zero-order valence-corrected chi connectivity index (χ0v) is 19.2. The SMILES string of the molecule is CCOc1ccc(-n2c(SCCOc3ccccc3F)nnc2-c2cccc(OC)c2)cc1. The molecule has 0 aliphatic heterocycles. The molecule has 0 aliphatic rings. The van der Waals surface area contributed by atoms with Gasteiger partial charge in [-0.15, -0.1) is 10.2 Å². The molecule has 0 saturated carbocycles. The van der Waals surface area contributed by atoms with E-state index in [9.17, 15) is 4.39 Å². The van der Waals surface area contributed by atoms with Gasteiger partial charge in [0.2, 0.25) is 0 Å². The largest absolute Gasteiger partial charge is 0.497 e. The summed E-state index contributed by atoms with van der Waals surface area (Å²) in [5, 5.41) is 9.57. The Morgan fingerprint density at radius 3 is 2.48 bits per heavy atom. The second-order valence-electron chi connectivity index (χ2n) is 6.93. The second-order valence-corrected chi connectivity index (χ2v) is 7.99. The summed E-state index contributed by atoms with van der Waals surface area (Å²) in [6.45, 7) is 2.88. The smallest absolute Gasteiger partial charge is 0.196 e. The molecule has 4 aromatic rings. The van der Waals surface area contributed by atoms with E-state index < -0.39 is 0 Å². The Morgan fingerprint density at radius 2 is 1.73 bits per heavy atom. The van der Waals surface area contributed by atoms with E-state index in [0.717, 1.165) is 22.7 Å². The van der Waals surface area contributed by atoms with E-state index in [1.165, 1.54) is 17.8 Å². The molecule has 0 N–H and O–H groups in total. The van der Waals surface area contributed by atoms with E-state index in [2.05, 4.69) is 10.2 Å². The number of aromatic nitrogens is 3. The number of ether oxygens (including phenoxy) is 3. The molecule has 8 heteroatoms. The topological polar surface area (TPSA) is 58.4 Å². The third-order valence-corrected chi connectivity index (χ3v) is 5.67. The number of hydrogen-bond acceptors (Lipinski definition) is 6. The van der Waals surface area contributed by atoms with Crippen LogP contribution in [0.5, 0.6) is 17.2 Å². The van der Waals surface area contributed by atoms with Gasteiger partial charge in [-0.05, 0) is 55.5 Å². The molecule has 0 atom stereocenters. The van der Waals surface area contributed by atoms with Gasteiger partial charge in [0.15, 0.2) is 22.5 Å². The van der Waals surface area contributed by atoms with Crippen LogP contribution in [-0.2, 0) is 0 Å². The first-order valence-electron chi connectivity index (χ1n) is 10.5. The van der Waals surface area contributed by atoms with Gasteiger partial charge >= 0.3 is 0 Å². The van der Waals surface area contributed by atoms with Crippen LogP contribution >= 0.6 is 11.8 Å². The average Bonchev–Trinajstić information content (AvgIpc) is 3.27. The van der Waals surface area contributed by atoms with Crippen LogP contribution in [0.1, 0.15) is 6.92 Å². The molecule has 0 saturated heterocycles. The Kier molecular flexibility index (Phi) is 7.47. The zero-order chi connectivity index (χ0) is 23.0. The van der Waals surface area contributed by atoms with E-state index in [1.807, 2.05) is 60.0 Å². The molecule has 6 nitrogen and oxygen atoms in total. The number of hydrogen-bond donors (Lipinski definition) is 0. The third-order valence-electron chi connectivity index (χ3n) is 4.78. The highest BCUT2D eigenvalue weighted by Gasteiger charge is 2.17. The highest BCUT2D eigenvalue weighted by Crippen LogP contribution is 2.30. The fourth-order valence-corrected chi connectivity index (χ4v) is 4.02. The summed E-state index contributed by atoms with van der Waals surface area (Å²) < 4.78 is 32.3. The van der Waals surface area contributed by atoms with Crippen molar-refractivity contribution in [1.82, 2.24) is 14.8 Å². The molecule has 33 heavy (non-hydrogen) atoms. The molecule has 0 unspecified atom stereocenters. The molecule has 0 fully saturated rings. The van der Waals surface area contributed by atoms with Crippen molar-refractivity contribution in [2.75, 3.05) is 26.1 Å². The predicted molar refractivity (Wildman–Crippen MR) is 127 cm³/mol. The molecule has 0 bridgehead atoms. The number of nitrogens with zero attached hydrogens (tertiary/aromatic N) is 3. The Hall–Kier alpha value is -3.52. The summed E-state index contributed by atoms with van der Waals surface area (Å²) in [6.07, 6.45) is 0. The minimum Gasteiger partial charge on any atom is -0.497 e. The number of halogens is 1. The molecular weight excluding hydrogens is 441 g/mol. The number of para-hydroxylation sites is 1. The van der Waals surface area contributed by atoms with Crippen LogP contribution in [0.25, 0.3) is 17.1 Å². The molecular formula is C25H24FN3O3S. The quantitative estimate of drug-likeness (QED) is 0.223. The van der Waals surface area contributed by atoms with Gasteiger partial charge in [-0.25, -0.2) is 4.39 Å². The number of thioether (sulfide) groups is 1. The van der Waals surface area contributed by atoms with Crippen LogP contribution in [0.15, 0.2) is 78.0 Å². The van der Waals surface area contributed by atoms with Crippen LogP contribution < -0.4 is 14.2 Å². The summed E-state index contributed by atoms with van der Waals surface area (Å²) >= 11 is 1.49. The Labute approximate surface area is 196 Å². The fraction of sp³-hybridized carbons (Fsp3) is 0.200. The van der Waals surface area contributed by atoms with Crippen molar-refractivity contribution in [3.63, 3.8) is 0 Å². The van der Waals surface area contributed by atoms with Crippen molar-refractivity contribution in [3.05, 3.63) is 78.6 Å². The van der Waals surface area contributed by atoms with E-state index in [4.69, 9.17) is 14.2 Å².